The van der Waals surface area contributed by atoms with Crippen molar-refractivity contribution < 1.29 is 28.9 Å². The number of likely N-dealkylation sites (tertiary alicyclic amines) is 1. The summed E-state index contributed by atoms with van der Waals surface area (Å²) in [5.74, 6) is -0.0240. The maximum absolute atomic E-state index is 13.0. The molecule has 1 saturated heterocycles. The molecular weight excluding hydrogens is 410 g/mol. The summed E-state index contributed by atoms with van der Waals surface area (Å²) in [5, 5.41) is 11.1. The molecule has 0 bridgehead atoms. The minimum atomic E-state index is -0.740. The standard InChI is InChI=1S/C25H29NO6/c1-16(2)15-32-19-10-8-17(9-11-19)22-21(24(28)25(29)26(22)12-13-30-3)23(27)18-6-5-7-20(14-18)31-4/h5-11,14,16,22,27H,12-13,15H2,1-4H3/b23-21-. The number of aliphatic hydroxyl groups is 1. The van der Waals surface area contributed by atoms with E-state index in [0.29, 0.717) is 35.2 Å². The predicted octanol–water partition coefficient (Wildman–Crippen LogP) is 3.80. The van der Waals surface area contributed by atoms with Crippen LogP contribution in [0.4, 0.5) is 0 Å². The van der Waals surface area contributed by atoms with Crippen LogP contribution in [0.25, 0.3) is 5.76 Å². The lowest BCUT2D eigenvalue weighted by molar-refractivity contribution is -0.140. The second-order valence-electron chi connectivity index (χ2n) is 7.99. The number of Topliss-reactive ketones (excluding diaryl/α,β-unsaturated/α-hetero) is 1. The molecule has 7 nitrogen and oxygen atoms in total. The van der Waals surface area contributed by atoms with Crippen LogP contribution >= 0.6 is 0 Å². The second kappa shape index (κ2) is 10.3. The van der Waals surface area contributed by atoms with E-state index in [9.17, 15) is 14.7 Å². The Morgan fingerprint density at radius 1 is 1.06 bits per heavy atom. The summed E-state index contributed by atoms with van der Waals surface area (Å²) in [5.41, 5.74) is 1.13. The maximum atomic E-state index is 13.0. The van der Waals surface area contributed by atoms with E-state index >= 15 is 0 Å². The quantitative estimate of drug-likeness (QED) is 0.363. The van der Waals surface area contributed by atoms with Gasteiger partial charge in [0, 0.05) is 19.2 Å². The summed E-state index contributed by atoms with van der Waals surface area (Å²) >= 11 is 0. The van der Waals surface area contributed by atoms with Gasteiger partial charge in [0.05, 0.1) is 31.9 Å². The molecule has 3 rings (SSSR count). The Balaban J connectivity index is 2.05. The fraction of sp³-hybridized carbons (Fsp3) is 0.360. The molecule has 0 radical (unpaired) electrons. The van der Waals surface area contributed by atoms with E-state index in [0.717, 1.165) is 0 Å². The first kappa shape index (κ1) is 23.3. The number of methoxy groups -OCH3 is 2. The molecule has 7 heteroatoms. The van der Waals surface area contributed by atoms with Gasteiger partial charge in [-0.25, -0.2) is 0 Å². The minimum Gasteiger partial charge on any atom is -0.507 e. The van der Waals surface area contributed by atoms with Crippen LogP contribution in [0.5, 0.6) is 11.5 Å². The number of carbonyl (C=O) groups excluding carboxylic acids is 2. The molecule has 1 unspecified atom stereocenters. The van der Waals surface area contributed by atoms with Crippen molar-refractivity contribution in [3.8, 4) is 11.5 Å². The predicted molar refractivity (Wildman–Crippen MR) is 121 cm³/mol. The SMILES string of the molecule is COCCN1C(=O)C(=O)/C(=C(\O)c2cccc(OC)c2)C1c1ccc(OCC(C)C)cc1. The van der Waals surface area contributed by atoms with Gasteiger partial charge in [0.15, 0.2) is 0 Å². The lowest BCUT2D eigenvalue weighted by Gasteiger charge is -2.25. The molecule has 32 heavy (non-hydrogen) atoms. The van der Waals surface area contributed by atoms with Crippen LogP contribution in [0.15, 0.2) is 54.1 Å². The third-order valence-electron chi connectivity index (χ3n) is 5.20. The molecule has 0 aromatic heterocycles. The Hall–Kier alpha value is -3.32. The van der Waals surface area contributed by atoms with Crippen molar-refractivity contribution in [2.75, 3.05) is 34.0 Å². The Morgan fingerprint density at radius 3 is 2.41 bits per heavy atom. The van der Waals surface area contributed by atoms with E-state index in [4.69, 9.17) is 14.2 Å². The second-order valence-corrected chi connectivity index (χ2v) is 7.99. The van der Waals surface area contributed by atoms with Gasteiger partial charge >= 0.3 is 0 Å². The van der Waals surface area contributed by atoms with Crippen molar-refractivity contribution in [3.63, 3.8) is 0 Å². The van der Waals surface area contributed by atoms with Gasteiger partial charge in [0.2, 0.25) is 0 Å². The largest absolute Gasteiger partial charge is 0.507 e. The van der Waals surface area contributed by atoms with Gasteiger partial charge < -0.3 is 24.2 Å². The van der Waals surface area contributed by atoms with Gasteiger partial charge in [0.25, 0.3) is 11.7 Å². The first-order valence-electron chi connectivity index (χ1n) is 10.5. The third-order valence-corrected chi connectivity index (χ3v) is 5.20. The first-order valence-corrected chi connectivity index (χ1v) is 10.5. The van der Waals surface area contributed by atoms with Crippen LogP contribution in [0.2, 0.25) is 0 Å². The molecule has 1 fully saturated rings. The first-order chi connectivity index (χ1) is 15.4. The Morgan fingerprint density at radius 2 is 1.78 bits per heavy atom. The smallest absolute Gasteiger partial charge is 0.295 e. The number of nitrogens with zero attached hydrogens (tertiary/aromatic N) is 1. The van der Waals surface area contributed by atoms with E-state index in [1.807, 2.05) is 12.1 Å². The molecule has 1 aliphatic rings. The summed E-state index contributed by atoms with van der Waals surface area (Å²) in [6, 6.07) is 13.2. The highest BCUT2D eigenvalue weighted by atomic mass is 16.5. The molecule has 1 atom stereocenters. The van der Waals surface area contributed by atoms with Crippen LogP contribution in [0, 0.1) is 5.92 Å². The Bertz CT molecular complexity index is 996. The fourth-order valence-electron chi connectivity index (χ4n) is 3.58. The zero-order valence-electron chi connectivity index (χ0n) is 18.8. The van der Waals surface area contributed by atoms with Crippen LogP contribution in [-0.4, -0.2) is 55.7 Å². The molecule has 1 amide bonds. The number of ether oxygens (including phenoxy) is 3. The summed E-state index contributed by atoms with van der Waals surface area (Å²) < 4.78 is 16.1. The van der Waals surface area contributed by atoms with Crippen LogP contribution < -0.4 is 9.47 Å². The van der Waals surface area contributed by atoms with Crippen molar-refractivity contribution in [3.05, 3.63) is 65.2 Å². The molecule has 0 spiro atoms. The van der Waals surface area contributed by atoms with Gasteiger partial charge in [-0.2, -0.15) is 0 Å². The Labute approximate surface area is 188 Å². The monoisotopic (exact) mass is 439 g/mol. The molecule has 0 aliphatic carbocycles. The highest BCUT2D eigenvalue weighted by Gasteiger charge is 2.45. The van der Waals surface area contributed by atoms with Crippen molar-refractivity contribution >= 4 is 17.4 Å². The number of rotatable bonds is 9. The van der Waals surface area contributed by atoms with Crippen molar-refractivity contribution in [1.82, 2.24) is 4.90 Å². The highest BCUT2D eigenvalue weighted by Crippen LogP contribution is 2.40. The molecule has 0 saturated carbocycles. The number of amides is 1. The Kier molecular flexibility index (Phi) is 7.53. The minimum absolute atomic E-state index is 0.0372. The molecule has 1 aliphatic heterocycles. The lowest BCUT2D eigenvalue weighted by Crippen LogP contribution is -2.32. The third kappa shape index (κ3) is 4.94. The zero-order valence-corrected chi connectivity index (χ0v) is 18.8. The van der Waals surface area contributed by atoms with E-state index < -0.39 is 17.7 Å². The van der Waals surface area contributed by atoms with E-state index in [1.165, 1.54) is 19.1 Å². The van der Waals surface area contributed by atoms with Gasteiger partial charge in [-0.05, 0) is 35.7 Å². The molecule has 1 heterocycles. The summed E-state index contributed by atoms with van der Waals surface area (Å²) in [6.45, 7) is 5.19. The summed E-state index contributed by atoms with van der Waals surface area (Å²) in [4.78, 5) is 27.2. The average Bonchev–Trinajstić information content (AvgIpc) is 3.06. The zero-order chi connectivity index (χ0) is 23.3. The topological polar surface area (TPSA) is 85.3 Å². The molecule has 2 aromatic carbocycles. The fourth-order valence-corrected chi connectivity index (χ4v) is 3.58. The summed E-state index contributed by atoms with van der Waals surface area (Å²) in [6.07, 6.45) is 0. The number of benzene rings is 2. The number of carbonyl (C=O) groups is 2. The summed E-state index contributed by atoms with van der Waals surface area (Å²) in [7, 11) is 3.05. The van der Waals surface area contributed by atoms with Crippen molar-refractivity contribution in [2.24, 2.45) is 5.92 Å². The number of ketones is 1. The van der Waals surface area contributed by atoms with Gasteiger partial charge in [0.1, 0.15) is 17.3 Å². The number of aliphatic hydroxyl groups excluding tert-OH is 1. The van der Waals surface area contributed by atoms with Gasteiger partial charge in [-0.3, -0.25) is 9.59 Å². The lowest BCUT2D eigenvalue weighted by atomic mass is 9.95. The molecule has 170 valence electrons. The number of hydrogen-bond donors (Lipinski definition) is 1. The van der Waals surface area contributed by atoms with Crippen LogP contribution in [0.1, 0.15) is 31.0 Å². The van der Waals surface area contributed by atoms with E-state index in [1.54, 1.807) is 36.4 Å². The normalized spacial score (nSPS) is 17.8. The van der Waals surface area contributed by atoms with Crippen molar-refractivity contribution in [1.29, 1.82) is 0 Å². The molecule has 2 aromatic rings. The van der Waals surface area contributed by atoms with E-state index in [2.05, 4.69) is 13.8 Å². The number of hydrogen-bond acceptors (Lipinski definition) is 6. The maximum Gasteiger partial charge on any atom is 0.295 e. The van der Waals surface area contributed by atoms with Crippen LogP contribution in [0.3, 0.4) is 0 Å². The van der Waals surface area contributed by atoms with E-state index in [-0.39, 0.29) is 24.5 Å². The van der Waals surface area contributed by atoms with Gasteiger partial charge in [-0.1, -0.05) is 38.1 Å². The van der Waals surface area contributed by atoms with Crippen LogP contribution in [-0.2, 0) is 14.3 Å². The van der Waals surface area contributed by atoms with Crippen molar-refractivity contribution in [2.45, 2.75) is 19.9 Å². The van der Waals surface area contributed by atoms with Gasteiger partial charge in [-0.15, -0.1) is 0 Å². The highest BCUT2D eigenvalue weighted by molar-refractivity contribution is 6.46. The molecular formula is C25H29NO6. The average molecular weight is 440 g/mol. The molecule has 1 N–H and O–H groups in total.